The van der Waals surface area contributed by atoms with E-state index in [0.717, 1.165) is 19.5 Å². The zero-order valence-corrected chi connectivity index (χ0v) is 17.5. The summed E-state index contributed by atoms with van der Waals surface area (Å²) in [5, 5.41) is 5.28. The molecule has 0 aliphatic carbocycles. The molecule has 0 saturated heterocycles. The third-order valence-electron chi connectivity index (χ3n) is 3.81. The van der Waals surface area contributed by atoms with Crippen LogP contribution in [0.2, 0.25) is 0 Å². The fraction of sp³-hybridized carbons (Fsp3) is 0.389. The number of halogens is 1. The molecule has 0 radical (unpaired) electrons. The Labute approximate surface area is 166 Å². The first kappa shape index (κ1) is 20.9. The standard InChI is InChI=1S/C18H26N4S.HI/c1-15(22(2)14-16-7-4-3-5-8-16)13-21-18(19)20-11-10-17-9-6-12-23-17;/h3-9,12,15H,10-11,13-14H2,1-2H3,(H3,19,20,21);1H. The van der Waals surface area contributed by atoms with E-state index in [1.165, 1.54) is 10.4 Å². The minimum absolute atomic E-state index is 0. The molecule has 24 heavy (non-hydrogen) atoms. The van der Waals surface area contributed by atoms with Crippen LogP contribution in [0.4, 0.5) is 0 Å². The number of thiophene rings is 1. The summed E-state index contributed by atoms with van der Waals surface area (Å²) in [7, 11) is 2.12. The highest BCUT2D eigenvalue weighted by Gasteiger charge is 2.09. The second kappa shape index (κ2) is 11.4. The monoisotopic (exact) mass is 458 g/mol. The average Bonchev–Trinajstić information content (AvgIpc) is 3.07. The molecule has 2 aromatic rings. The molecular formula is C18H27IN4S. The number of guanidine groups is 1. The highest BCUT2D eigenvalue weighted by atomic mass is 127. The van der Waals surface area contributed by atoms with Crippen molar-refractivity contribution in [1.29, 1.82) is 0 Å². The van der Waals surface area contributed by atoms with E-state index >= 15 is 0 Å². The van der Waals surface area contributed by atoms with Gasteiger partial charge in [0.1, 0.15) is 0 Å². The lowest BCUT2D eigenvalue weighted by Gasteiger charge is -2.23. The Bertz CT molecular complexity index is 586. The Hall–Kier alpha value is -1.12. The highest BCUT2D eigenvalue weighted by Crippen LogP contribution is 2.08. The lowest BCUT2D eigenvalue weighted by Crippen LogP contribution is -2.36. The quantitative estimate of drug-likeness (QED) is 0.363. The molecule has 4 nitrogen and oxygen atoms in total. The number of nitrogens with two attached hydrogens (primary N) is 1. The van der Waals surface area contributed by atoms with Crippen molar-refractivity contribution in [3.8, 4) is 0 Å². The molecule has 0 fully saturated rings. The molecule has 132 valence electrons. The minimum Gasteiger partial charge on any atom is -0.370 e. The molecule has 0 bridgehead atoms. The van der Waals surface area contributed by atoms with Crippen molar-refractivity contribution >= 4 is 41.3 Å². The molecule has 0 aliphatic rings. The molecule has 0 saturated carbocycles. The first-order chi connectivity index (χ1) is 11.1. The Morgan fingerprint density at radius 3 is 2.67 bits per heavy atom. The van der Waals surface area contributed by atoms with E-state index in [4.69, 9.17) is 5.73 Å². The number of nitrogens with zero attached hydrogens (tertiary/aromatic N) is 2. The normalized spacial score (nSPS) is 12.7. The summed E-state index contributed by atoms with van der Waals surface area (Å²) in [5.41, 5.74) is 7.25. The van der Waals surface area contributed by atoms with Crippen LogP contribution in [0.5, 0.6) is 0 Å². The molecule has 1 aromatic carbocycles. The van der Waals surface area contributed by atoms with Gasteiger partial charge in [0.2, 0.25) is 0 Å². The maximum Gasteiger partial charge on any atom is 0.188 e. The van der Waals surface area contributed by atoms with Gasteiger partial charge >= 0.3 is 0 Å². The SMILES string of the molecule is CC(CN=C(N)NCCc1cccs1)N(C)Cc1ccccc1.I. The zero-order chi connectivity index (χ0) is 16.5. The van der Waals surface area contributed by atoms with E-state index in [9.17, 15) is 0 Å². The topological polar surface area (TPSA) is 53.6 Å². The second-order valence-corrected chi connectivity index (χ2v) is 6.76. The zero-order valence-electron chi connectivity index (χ0n) is 14.3. The third kappa shape index (κ3) is 7.63. The van der Waals surface area contributed by atoms with Crippen molar-refractivity contribution in [2.45, 2.75) is 25.9 Å². The molecule has 0 amide bonds. The van der Waals surface area contributed by atoms with Crippen LogP contribution in [0.3, 0.4) is 0 Å². The van der Waals surface area contributed by atoms with Crippen molar-refractivity contribution < 1.29 is 0 Å². The molecule has 6 heteroatoms. The Morgan fingerprint density at radius 2 is 2.00 bits per heavy atom. The fourth-order valence-electron chi connectivity index (χ4n) is 2.22. The molecular weight excluding hydrogens is 431 g/mol. The Kier molecular flexibility index (Phi) is 9.97. The van der Waals surface area contributed by atoms with Gasteiger partial charge in [0.05, 0.1) is 6.54 Å². The first-order valence-corrected chi connectivity index (χ1v) is 8.83. The average molecular weight is 458 g/mol. The van der Waals surface area contributed by atoms with E-state index < -0.39 is 0 Å². The smallest absolute Gasteiger partial charge is 0.188 e. The van der Waals surface area contributed by atoms with E-state index in [-0.39, 0.29) is 24.0 Å². The second-order valence-electron chi connectivity index (χ2n) is 5.73. The van der Waals surface area contributed by atoms with E-state index in [1.807, 2.05) is 6.07 Å². The van der Waals surface area contributed by atoms with Gasteiger partial charge in [-0.1, -0.05) is 36.4 Å². The van der Waals surface area contributed by atoms with Crippen molar-refractivity contribution in [3.63, 3.8) is 0 Å². The number of aliphatic imine (C=N–C) groups is 1. The number of hydrogen-bond acceptors (Lipinski definition) is 3. The van der Waals surface area contributed by atoms with Crippen LogP contribution in [0.15, 0.2) is 52.8 Å². The van der Waals surface area contributed by atoms with Crippen LogP contribution in [0, 0.1) is 0 Å². The maximum atomic E-state index is 5.94. The van der Waals surface area contributed by atoms with Gasteiger partial charge in [0.25, 0.3) is 0 Å². The van der Waals surface area contributed by atoms with Gasteiger partial charge < -0.3 is 11.1 Å². The van der Waals surface area contributed by atoms with E-state index in [0.29, 0.717) is 18.5 Å². The molecule has 1 atom stereocenters. The van der Waals surface area contributed by atoms with Crippen molar-refractivity contribution in [2.75, 3.05) is 20.1 Å². The highest BCUT2D eigenvalue weighted by molar-refractivity contribution is 14.0. The molecule has 0 aliphatic heterocycles. The summed E-state index contributed by atoms with van der Waals surface area (Å²) in [6.45, 7) is 4.61. The summed E-state index contributed by atoms with van der Waals surface area (Å²) in [6, 6.07) is 15.0. The number of rotatable bonds is 8. The van der Waals surface area contributed by atoms with Gasteiger partial charge in [-0.25, -0.2) is 0 Å². The maximum absolute atomic E-state index is 5.94. The number of nitrogens with one attached hydrogen (secondary N) is 1. The summed E-state index contributed by atoms with van der Waals surface area (Å²) >= 11 is 1.77. The van der Waals surface area contributed by atoms with Crippen molar-refractivity contribution in [2.24, 2.45) is 10.7 Å². The summed E-state index contributed by atoms with van der Waals surface area (Å²) in [5.74, 6) is 0.529. The molecule has 3 N–H and O–H groups in total. The number of hydrogen-bond donors (Lipinski definition) is 2. The molecule has 0 spiro atoms. The molecule has 1 heterocycles. The van der Waals surface area contributed by atoms with Crippen LogP contribution in [0.1, 0.15) is 17.4 Å². The summed E-state index contributed by atoms with van der Waals surface area (Å²) < 4.78 is 0. The van der Waals surface area contributed by atoms with Crippen LogP contribution in [-0.4, -0.2) is 37.0 Å². The van der Waals surface area contributed by atoms with Gasteiger partial charge in [0.15, 0.2) is 5.96 Å². The Balaban J connectivity index is 0.00000288. The van der Waals surface area contributed by atoms with E-state index in [1.54, 1.807) is 11.3 Å². The lowest BCUT2D eigenvalue weighted by molar-refractivity contribution is 0.255. The molecule has 1 aromatic heterocycles. The van der Waals surface area contributed by atoms with Gasteiger partial charge in [-0.2, -0.15) is 0 Å². The first-order valence-electron chi connectivity index (χ1n) is 7.95. The third-order valence-corrected chi connectivity index (χ3v) is 4.75. The van der Waals surface area contributed by atoms with Gasteiger partial charge in [0, 0.05) is 24.0 Å². The van der Waals surface area contributed by atoms with Crippen molar-refractivity contribution in [3.05, 3.63) is 58.3 Å². The van der Waals surface area contributed by atoms with Crippen LogP contribution in [0.25, 0.3) is 0 Å². The van der Waals surface area contributed by atoms with Gasteiger partial charge in [-0.3, -0.25) is 9.89 Å². The number of benzene rings is 1. The molecule has 1 unspecified atom stereocenters. The van der Waals surface area contributed by atoms with Gasteiger partial charge in [-0.05, 0) is 37.4 Å². The molecule has 2 rings (SSSR count). The lowest BCUT2D eigenvalue weighted by atomic mass is 10.2. The fourth-order valence-corrected chi connectivity index (χ4v) is 2.93. The van der Waals surface area contributed by atoms with Crippen molar-refractivity contribution in [1.82, 2.24) is 10.2 Å². The Morgan fingerprint density at radius 1 is 1.25 bits per heavy atom. The van der Waals surface area contributed by atoms with E-state index in [2.05, 4.69) is 71.0 Å². The number of likely N-dealkylation sites (N-methyl/N-ethyl adjacent to an activating group) is 1. The van der Waals surface area contributed by atoms with Gasteiger partial charge in [-0.15, -0.1) is 35.3 Å². The predicted octanol–water partition coefficient (Wildman–Crippen LogP) is 3.33. The minimum atomic E-state index is 0. The van der Waals surface area contributed by atoms with Crippen LogP contribution < -0.4 is 11.1 Å². The predicted molar refractivity (Wildman–Crippen MR) is 115 cm³/mol. The largest absolute Gasteiger partial charge is 0.370 e. The summed E-state index contributed by atoms with van der Waals surface area (Å²) in [4.78, 5) is 8.10. The van der Waals surface area contributed by atoms with Crippen LogP contribution in [-0.2, 0) is 13.0 Å². The van der Waals surface area contributed by atoms with Crippen LogP contribution >= 0.6 is 35.3 Å². The summed E-state index contributed by atoms with van der Waals surface area (Å²) in [6.07, 6.45) is 0.983.